The SMILES string of the molecule is Cc1noc(-c2ccc(O)c(C#N)n2)c1COC(=O)N(C)C1CCCC1. The summed E-state index contributed by atoms with van der Waals surface area (Å²) in [5.74, 6) is 0.106. The first-order chi connectivity index (χ1) is 12.5. The lowest BCUT2D eigenvalue weighted by Gasteiger charge is -2.23. The molecule has 1 aliphatic rings. The van der Waals surface area contributed by atoms with Crippen LogP contribution < -0.4 is 0 Å². The van der Waals surface area contributed by atoms with Crippen molar-refractivity contribution in [3.63, 3.8) is 0 Å². The number of aryl methyl sites for hydroxylation is 1. The largest absolute Gasteiger partial charge is 0.505 e. The molecule has 1 amide bonds. The van der Waals surface area contributed by atoms with Crippen molar-refractivity contribution in [3.05, 3.63) is 29.1 Å². The summed E-state index contributed by atoms with van der Waals surface area (Å²) in [6.45, 7) is 1.73. The number of carbonyl (C=O) groups excluding carboxylic acids is 1. The van der Waals surface area contributed by atoms with Crippen LogP contribution in [0.2, 0.25) is 0 Å². The first-order valence-corrected chi connectivity index (χ1v) is 8.46. The summed E-state index contributed by atoms with van der Waals surface area (Å²) in [5.41, 5.74) is 1.39. The Balaban J connectivity index is 1.76. The first-order valence-electron chi connectivity index (χ1n) is 8.46. The second kappa shape index (κ2) is 7.44. The maximum absolute atomic E-state index is 12.3. The van der Waals surface area contributed by atoms with Crippen molar-refractivity contribution in [2.24, 2.45) is 0 Å². The number of hydrogen-bond acceptors (Lipinski definition) is 7. The van der Waals surface area contributed by atoms with Gasteiger partial charge in [0.05, 0.1) is 11.3 Å². The number of rotatable bonds is 4. The number of carbonyl (C=O) groups is 1. The minimum absolute atomic E-state index is 0.00893. The van der Waals surface area contributed by atoms with Crippen molar-refractivity contribution in [1.29, 1.82) is 5.26 Å². The van der Waals surface area contributed by atoms with E-state index in [9.17, 15) is 9.90 Å². The fourth-order valence-corrected chi connectivity index (χ4v) is 3.10. The fraction of sp³-hybridized carbons (Fsp3) is 0.444. The molecule has 1 fully saturated rings. The molecule has 0 spiro atoms. The van der Waals surface area contributed by atoms with E-state index in [4.69, 9.17) is 14.5 Å². The third kappa shape index (κ3) is 3.47. The van der Waals surface area contributed by atoms with Crippen LogP contribution in [-0.4, -0.2) is 39.3 Å². The smallest absolute Gasteiger partial charge is 0.410 e. The molecule has 0 saturated heterocycles. The van der Waals surface area contributed by atoms with Gasteiger partial charge in [-0.15, -0.1) is 0 Å². The van der Waals surface area contributed by atoms with Gasteiger partial charge >= 0.3 is 6.09 Å². The topological polar surface area (TPSA) is 112 Å². The Labute approximate surface area is 151 Å². The average molecular weight is 356 g/mol. The van der Waals surface area contributed by atoms with Crippen molar-refractivity contribution in [3.8, 4) is 23.3 Å². The highest BCUT2D eigenvalue weighted by atomic mass is 16.6. The molecule has 0 aliphatic heterocycles. The highest BCUT2D eigenvalue weighted by Gasteiger charge is 2.25. The molecule has 0 aromatic carbocycles. The van der Waals surface area contributed by atoms with Crippen molar-refractivity contribution in [2.45, 2.75) is 45.3 Å². The van der Waals surface area contributed by atoms with Crippen molar-refractivity contribution in [2.75, 3.05) is 7.05 Å². The van der Waals surface area contributed by atoms with Gasteiger partial charge < -0.3 is 19.3 Å². The monoisotopic (exact) mass is 356 g/mol. The Kier molecular flexibility index (Phi) is 5.07. The van der Waals surface area contributed by atoms with Crippen molar-refractivity contribution in [1.82, 2.24) is 15.0 Å². The molecule has 2 aromatic rings. The van der Waals surface area contributed by atoms with E-state index < -0.39 is 0 Å². The number of nitriles is 1. The first kappa shape index (κ1) is 17.7. The van der Waals surface area contributed by atoms with Crippen LogP contribution in [0.3, 0.4) is 0 Å². The standard InChI is InChI=1S/C18H20N4O4/c1-11-13(10-25-18(24)22(2)12-5-3-4-6-12)17(26-21-11)14-7-8-16(23)15(9-19)20-14/h7-8,12,23H,3-6,10H2,1-2H3. The molecule has 8 heteroatoms. The van der Waals surface area contributed by atoms with Crippen LogP contribution in [0.4, 0.5) is 4.79 Å². The van der Waals surface area contributed by atoms with E-state index in [1.165, 1.54) is 12.1 Å². The third-order valence-electron chi connectivity index (χ3n) is 4.70. The number of pyridine rings is 1. The van der Waals surface area contributed by atoms with Gasteiger partial charge in [-0.3, -0.25) is 0 Å². The molecule has 136 valence electrons. The summed E-state index contributed by atoms with van der Waals surface area (Å²) in [7, 11) is 1.75. The van der Waals surface area contributed by atoms with Gasteiger partial charge in [0, 0.05) is 13.1 Å². The van der Waals surface area contributed by atoms with E-state index in [0.717, 1.165) is 25.7 Å². The Morgan fingerprint density at radius 2 is 2.19 bits per heavy atom. The quantitative estimate of drug-likeness (QED) is 0.895. The van der Waals surface area contributed by atoms with E-state index in [0.29, 0.717) is 22.7 Å². The van der Waals surface area contributed by atoms with Crippen LogP contribution in [0.5, 0.6) is 5.75 Å². The van der Waals surface area contributed by atoms with E-state index in [1.54, 1.807) is 18.9 Å². The maximum Gasteiger partial charge on any atom is 0.410 e. The number of aromatic hydroxyl groups is 1. The average Bonchev–Trinajstić information content (AvgIpc) is 3.29. The molecular formula is C18H20N4O4. The molecule has 8 nitrogen and oxygen atoms in total. The number of amides is 1. The van der Waals surface area contributed by atoms with Crippen LogP contribution >= 0.6 is 0 Å². The Hall–Kier alpha value is -3.08. The van der Waals surface area contributed by atoms with Crippen molar-refractivity contribution >= 4 is 6.09 Å². The molecule has 1 N–H and O–H groups in total. The second-order valence-corrected chi connectivity index (χ2v) is 6.36. The zero-order chi connectivity index (χ0) is 18.7. The van der Waals surface area contributed by atoms with Gasteiger partial charge in [0.15, 0.2) is 17.2 Å². The molecule has 0 atom stereocenters. The molecule has 2 heterocycles. The highest BCUT2D eigenvalue weighted by molar-refractivity contribution is 5.68. The lowest BCUT2D eigenvalue weighted by atomic mass is 10.1. The lowest BCUT2D eigenvalue weighted by molar-refractivity contribution is 0.0917. The molecule has 0 radical (unpaired) electrons. The fourth-order valence-electron chi connectivity index (χ4n) is 3.10. The molecule has 0 bridgehead atoms. The molecule has 1 saturated carbocycles. The van der Waals surface area contributed by atoms with E-state index in [1.807, 2.05) is 6.07 Å². The molecule has 0 unspecified atom stereocenters. The van der Waals surface area contributed by atoms with Gasteiger partial charge in [-0.25, -0.2) is 9.78 Å². The van der Waals surface area contributed by atoms with E-state index in [-0.39, 0.29) is 30.2 Å². The lowest BCUT2D eigenvalue weighted by Crippen LogP contribution is -2.35. The molecule has 3 rings (SSSR count). The van der Waals surface area contributed by atoms with Gasteiger partial charge in [-0.1, -0.05) is 18.0 Å². The van der Waals surface area contributed by atoms with E-state index >= 15 is 0 Å². The van der Waals surface area contributed by atoms with Gasteiger partial charge in [0.25, 0.3) is 0 Å². The van der Waals surface area contributed by atoms with Crippen molar-refractivity contribution < 1.29 is 19.2 Å². The predicted octanol–water partition coefficient (Wildman–Crippen LogP) is 3.13. The van der Waals surface area contributed by atoms with Gasteiger partial charge in [-0.05, 0) is 31.9 Å². The van der Waals surface area contributed by atoms with Gasteiger partial charge in [0.2, 0.25) is 0 Å². The predicted molar refractivity (Wildman–Crippen MR) is 91.1 cm³/mol. The van der Waals surface area contributed by atoms with Crippen LogP contribution in [0, 0.1) is 18.3 Å². The second-order valence-electron chi connectivity index (χ2n) is 6.36. The molecular weight excluding hydrogens is 336 g/mol. The molecule has 1 aliphatic carbocycles. The minimum Gasteiger partial charge on any atom is -0.505 e. The summed E-state index contributed by atoms with van der Waals surface area (Å²) in [6.07, 6.45) is 3.87. The number of nitrogens with zero attached hydrogens (tertiary/aromatic N) is 4. The van der Waals surface area contributed by atoms with Crippen LogP contribution in [0.15, 0.2) is 16.7 Å². The Bertz CT molecular complexity index is 849. The van der Waals surface area contributed by atoms with E-state index in [2.05, 4.69) is 10.1 Å². The zero-order valence-electron chi connectivity index (χ0n) is 14.7. The zero-order valence-corrected chi connectivity index (χ0v) is 14.7. The normalized spacial score (nSPS) is 14.2. The molecule has 26 heavy (non-hydrogen) atoms. The third-order valence-corrected chi connectivity index (χ3v) is 4.70. The summed E-state index contributed by atoms with van der Waals surface area (Å²) < 4.78 is 10.7. The Morgan fingerprint density at radius 1 is 1.46 bits per heavy atom. The minimum atomic E-state index is -0.389. The van der Waals surface area contributed by atoms with Crippen LogP contribution in [-0.2, 0) is 11.3 Å². The van der Waals surface area contributed by atoms with Crippen LogP contribution in [0.25, 0.3) is 11.5 Å². The molecule has 2 aromatic heterocycles. The summed E-state index contributed by atoms with van der Waals surface area (Å²) >= 11 is 0. The summed E-state index contributed by atoms with van der Waals surface area (Å²) in [6, 6.07) is 4.92. The summed E-state index contributed by atoms with van der Waals surface area (Å²) in [4.78, 5) is 18.0. The Morgan fingerprint density at radius 3 is 2.88 bits per heavy atom. The van der Waals surface area contributed by atoms with Gasteiger partial charge in [-0.2, -0.15) is 5.26 Å². The number of hydrogen-bond donors (Lipinski definition) is 1. The highest BCUT2D eigenvalue weighted by Crippen LogP contribution is 2.28. The number of ether oxygens (including phenoxy) is 1. The van der Waals surface area contributed by atoms with Crippen LogP contribution in [0.1, 0.15) is 42.6 Å². The maximum atomic E-state index is 12.3. The summed E-state index contributed by atoms with van der Waals surface area (Å²) in [5, 5.41) is 22.5. The van der Waals surface area contributed by atoms with Gasteiger partial charge in [0.1, 0.15) is 18.4 Å². The number of aromatic nitrogens is 2.